The van der Waals surface area contributed by atoms with Gasteiger partial charge in [0.05, 0.1) is 7.11 Å². The van der Waals surface area contributed by atoms with Crippen molar-refractivity contribution >= 4 is 0 Å². The largest absolute Gasteiger partial charge is 0.508 e. The van der Waals surface area contributed by atoms with E-state index in [9.17, 15) is 5.11 Å². The van der Waals surface area contributed by atoms with Gasteiger partial charge in [0.15, 0.2) is 0 Å². The molecule has 0 amide bonds. The smallest absolute Gasteiger partial charge is 0.123 e. The standard InChI is InChI=1S/C18H23NO2/c1-13-9-10-17(20)15(11-13)12-19(3)14(2)16-7-5-6-8-18(16)21-4/h5-11,14,20H,12H2,1-4H3/t14-/m1/s1. The molecule has 0 aliphatic heterocycles. The number of phenols is 1. The number of benzene rings is 2. The molecule has 2 aromatic rings. The number of hydrogen-bond donors (Lipinski definition) is 1. The average molecular weight is 285 g/mol. The van der Waals surface area contributed by atoms with Crippen molar-refractivity contribution in [3.63, 3.8) is 0 Å². The molecule has 0 saturated carbocycles. The lowest BCUT2D eigenvalue weighted by molar-refractivity contribution is 0.244. The minimum Gasteiger partial charge on any atom is -0.508 e. The third kappa shape index (κ3) is 3.56. The lowest BCUT2D eigenvalue weighted by Gasteiger charge is -2.26. The van der Waals surface area contributed by atoms with Gasteiger partial charge in [-0.1, -0.05) is 35.9 Å². The highest BCUT2D eigenvalue weighted by Crippen LogP contribution is 2.30. The van der Waals surface area contributed by atoms with Gasteiger partial charge in [0.1, 0.15) is 11.5 Å². The summed E-state index contributed by atoms with van der Waals surface area (Å²) in [6.45, 7) is 4.87. The first-order chi connectivity index (χ1) is 10.0. The van der Waals surface area contributed by atoms with Crippen molar-refractivity contribution in [3.8, 4) is 11.5 Å². The molecule has 1 atom stereocenters. The molecule has 3 heteroatoms. The molecule has 2 aromatic carbocycles. The molecule has 0 aliphatic carbocycles. The van der Waals surface area contributed by atoms with Crippen molar-refractivity contribution < 1.29 is 9.84 Å². The molecule has 0 saturated heterocycles. The first-order valence-electron chi connectivity index (χ1n) is 7.14. The summed E-state index contributed by atoms with van der Waals surface area (Å²) in [6.07, 6.45) is 0. The Balaban J connectivity index is 2.19. The van der Waals surface area contributed by atoms with Crippen molar-refractivity contribution in [2.45, 2.75) is 26.4 Å². The van der Waals surface area contributed by atoms with E-state index in [0.717, 1.165) is 22.4 Å². The second-order valence-corrected chi connectivity index (χ2v) is 5.47. The Hall–Kier alpha value is -2.00. The van der Waals surface area contributed by atoms with Gasteiger partial charge in [-0.3, -0.25) is 4.90 Å². The molecule has 112 valence electrons. The fraction of sp³-hybridized carbons (Fsp3) is 0.333. The molecule has 0 fully saturated rings. The van der Waals surface area contributed by atoms with Gasteiger partial charge < -0.3 is 9.84 Å². The van der Waals surface area contributed by atoms with E-state index in [1.807, 2.05) is 37.3 Å². The van der Waals surface area contributed by atoms with Crippen molar-refractivity contribution in [1.29, 1.82) is 0 Å². The lowest BCUT2D eigenvalue weighted by Crippen LogP contribution is -2.22. The fourth-order valence-electron chi connectivity index (χ4n) is 2.50. The summed E-state index contributed by atoms with van der Waals surface area (Å²) in [6, 6.07) is 13.9. The summed E-state index contributed by atoms with van der Waals surface area (Å²) in [5, 5.41) is 9.99. The predicted molar refractivity (Wildman–Crippen MR) is 85.7 cm³/mol. The molecule has 1 N–H and O–H groups in total. The first-order valence-corrected chi connectivity index (χ1v) is 7.14. The number of ether oxygens (including phenoxy) is 1. The molecular weight excluding hydrogens is 262 g/mol. The van der Waals surface area contributed by atoms with Crippen LogP contribution in [0.2, 0.25) is 0 Å². The van der Waals surface area contributed by atoms with E-state index in [-0.39, 0.29) is 6.04 Å². The van der Waals surface area contributed by atoms with E-state index in [1.54, 1.807) is 13.2 Å². The molecule has 0 radical (unpaired) electrons. The highest BCUT2D eigenvalue weighted by molar-refractivity contribution is 5.37. The average Bonchev–Trinajstić information content (AvgIpc) is 2.50. The highest BCUT2D eigenvalue weighted by atomic mass is 16.5. The van der Waals surface area contributed by atoms with E-state index >= 15 is 0 Å². The number of nitrogens with zero attached hydrogens (tertiary/aromatic N) is 1. The SMILES string of the molecule is COc1ccccc1[C@@H](C)N(C)Cc1cc(C)ccc1O. The van der Waals surface area contributed by atoms with Gasteiger partial charge in [0.25, 0.3) is 0 Å². The van der Waals surface area contributed by atoms with Gasteiger partial charge in [-0.2, -0.15) is 0 Å². The molecule has 3 nitrogen and oxygen atoms in total. The van der Waals surface area contributed by atoms with Crippen molar-refractivity contribution in [2.75, 3.05) is 14.2 Å². The van der Waals surface area contributed by atoms with E-state index in [4.69, 9.17) is 4.74 Å². The Kier molecular flexibility index (Phi) is 4.86. The number of methoxy groups -OCH3 is 1. The Labute approximate surface area is 126 Å². The van der Waals surface area contributed by atoms with Gasteiger partial charge in [-0.05, 0) is 33.0 Å². The summed E-state index contributed by atoms with van der Waals surface area (Å²) in [5.41, 5.74) is 3.25. The zero-order valence-corrected chi connectivity index (χ0v) is 13.1. The van der Waals surface area contributed by atoms with E-state index < -0.39 is 0 Å². The predicted octanol–water partition coefficient (Wildman–Crippen LogP) is 3.90. The van der Waals surface area contributed by atoms with Crippen LogP contribution in [-0.2, 0) is 6.54 Å². The van der Waals surface area contributed by atoms with Crippen LogP contribution in [0, 0.1) is 6.92 Å². The maximum atomic E-state index is 9.99. The molecule has 0 unspecified atom stereocenters. The van der Waals surface area contributed by atoms with Crippen LogP contribution in [-0.4, -0.2) is 24.2 Å². The third-order valence-corrected chi connectivity index (χ3v) is 3.90. The Morgan fingerprint density at radius 1 is 1.19 bits per heavy atom. The van der Waals surface area contributed by atoms with E-state index in [0.29, 0.717) is 12.3 Å². The molecule has 0 aromatic heterocycles. The normalized spacial score (nSPS) is 12.4. The van der Waals surface area contributed by atoms with Crippen LogP contribution in [0.3, 0.4) is 0 Å². The van der Waals surface area contributed by atoms with Crippen LogP contribution in [0.5, 0.6) is 11.5 Å². The zero-order valence-electron chi connectivity index (χ0n) is 13.1. The summed E-state index contributed by atoms with van der Waals surface area (Å²) in [4.78, 5) is 2.20. The topological polar surface area (TPSA) is 32.7 Å². The number of rotatable bonds is 5. The summed E-state index contributed by atoms with van der Waals surface area (Å²) in [7, 11) is 3.75. The quantitative estimate of drug-likeness (QED) is 0.904. The Morgan fingerprint density at radius 2 is 1.90 bits per heavy atom. The van der Waals surface area contributed by atoms with E-state index in [1.165, 1.54) is 0 Å². The molecule has 2 rings (SSSR count). The molecule has 0 bridgehead atoms. The van der Waals surface area contributed by atoms with Crippen LogP contribution in [0.15, 0.2) is 42.5 Å². The summed E-state index contributed by atoms with van der Waals surface area (Å²) < 4.78 is 5.43. The second-order valence-electron chi connectivity index (χ2n) is 5.47. The number of hydrogen-bond acceptors (Lipinski definition) is 3. The van der Waals surface area contributed by atoms with E-state index in [2.05, 4.69) is 24.9 Å². The molecule has 0 heterocycles. The fourth-order valence-corrected chi connectivity index (χ4v) is 2.50. The van der Waals surface area contributed by atoms with Gasteiger partial charge in [-0.15, -0.1) is 0 Å². The van der Waals surface area contributed by atoms with Crippen LogP contribution < -0.4 is 4.74 Å². The maximum absolute atomic E-state index is 9.99. The molecule has 21 heavy (non-hydrogen) atoms. The van der Waals surface area contributed by atoms with Gasteiger partial charge in [-0.25, -0.2) is 0 Å². The number of aromatic hydroxyl groups is 1. The van der Waals surface area contributed by atoms with Gasteiger partial charge >= 0.3 is 0 Å². The Morgan fingerprint density at radius 3 is 2.62 bits per heavy atom. The minimum absolute atomic E-state index is 0.195. The monoisotopic (exact) mass is 285 g/mol. The van der Waals surface area contributed by atoms with Crippen molar-refractivity contribution in [1.82, 2.24) is 4.90 Å². The molecule has 0 aliphatic rings. The summed E-state index contributed by atoms with van der Waals surface area (Å²) >= 11 is 0. The third-order valence-electron chi connectivity index (χ3n) is 3.90. The number of aryl methyl sites for hydroxylation is 1. The minimum atomic E-state index is 0.195. The molecular formula is C18H23NO2. The molecule has 0 spiro atoms. The van der Waals surface area contributed by atoms with Gasteiger partial charge in [0, 0.05) is 23.7 Å². The highest BCUT2D eigenvalue weighted by Gasteiger charge is 2.17. The number of para-hydroxylation sites is 1. The van der Waals surface area contributed by atoms with Crippen LogP contribution in [0.1, 0.15) is 29.7 Å². The van der Waals surface area contributed by atoms with Gasteiger partial charge in [0.2, 0.25) is 0 Å². The van der Waals surface area contributed by atoms with Crippen molar-refractivity contribution in [2.24, 2.45) is 0 Å². The number of phenolic OH excluding ortho intramolecular Hbond substituents is 1. The summed E-state index contributed by atoms with van der Waals surface area (Å²) in [5.74, 6) is 1.24. The van der Waals surface area contributed by atoms with Crippen LogP contribution in [0.4, 0.5) is 0 Å². The maximum Gasteiger partial charge on any atom is 0.123 e. The first kappa shape index (κ1) is 15.4. The second kappa shape index (κ2) is 6.64. The van der Waals surface area contributed by atoms with Crippen molar-refractivity contribution in [3.05, 3.63) is 59.2 Å². The Bertz CT molecular complexity index is 610. The zero-order chi connectivity index (χ0) is 15.4. The van der Waals surface area contributed by atoms with Crippen LogP contribution in [0.25, 0.3) is 0 Å². The van der Waals surface area contributed by atoms with Crippen LogP contribution >= 0.6 is 0 Å². The lowest BCUT2D eigenvalue weighted by atomic mass is 10.0.